The number of aromatic nitrogens is 1. The Morgan fingerprint density at radius 2 is 1.67 bits per heavy atom. The van der Waals surface area contributed by atoms with Crippen LogP contribution in [0.3, 0.4) is 0 Å². The second-order valence-corrected chi connectivity index (χ2v) is 6.83. The summed E-state index contributed by atoms with van der Waals surface area (Å²) in [4.78, 5) is 4.58. The van der Waals surface area contributed by atoms with Crippen molar-refractivity contribution < 1.29 is 0 Å². The maximum atomic E-state index is 4.58. The highest BCUT2D eigenvalue weighted by atomic mass is 79.9. The lowest BCUT2D eigenvalue weighted by Crippen LogP contribution is -2.45. The Balaban J connectivity index is 1.94. The molecule has 0 radical (unpaired) electrons. The molecule has 0 unspecified atom stereocenters. The highest BCUT2D eigenvalue weighted by molar-refractivity contribution is 9.10. The smallest absolute Gasteiger partial charge is 0.0465 e. The molecule has 0 aliphatic heterocycles. The molecular weight excluding hydrogens is 250 g/mol. The quantitative estimate of drug-likeness (QED) is 0.704. The lowest BCUT2D eigenvalue weighted by molar-refractivity contribution is 0.158. The summed E-state index contributed by atoms with van der Waals surface area (Å²) in [6.07, 6.45) is 9.85. The van der Waals surface area contributed by atoms with Crippen molar-refractivity contribution in [2.45, 2.75) is 48.3 Å². The molecule has 1 aromatic rings. The van der Waals surface area contributed by atoms with Crippen molar-refractivity contribution in [1.29, 1.82) is 0 Å². The lowest BCUT2D eigenvalue weighted by atomic mass is 9.59. The molecule has 3 fully saturated rings. The molecule has 1 aromatic heterocycles. The molecule has 15 heavy (non-hydrogen) atoms. The molecule has 0 spiro atoms. The zero-order chi connectivity index (χ0) is 10.4. The monoisotopic (exact) mass is 265 g/mol. The first-order valence-electron chi connectivity index (χ1n) is 5.83. The van der Waals surface area contributed by atoms with E-state index < -0.39 is 0 Å². The second-order valence-electron chi connectivity index (χ2n) is 5.15. The van der Waals surface area contributed by atoms with Gasteiger partial charge in [-0.3, -0.25) is 4.98 Å². The minimum absolute atomic E-state index is 0.413. The van der Waals surface area contributed by atoms with Crippen LogP contribution in [0.4, 0.5) is 0 Å². The summed E-state index contributed by atoms with van der Waals surface area (Å²) in [6, 6.07) is 6.36. The molecule has 3 saturated carbocycles. The highest BCUT2D eigenvalue weighted by Gasteiger charge is 2.48. The van der Waals surface area contributed by atoms with Gasteiger partial charge in [0.05, 0.1) is 0 Å². The van der Waals surface area contributed by atoms with E-state index in [0.29, 0.717) is 9.74 Å². The fraction of sp³-hybridized carbons (Fsp3) is 0.615. The van der Waals surface area contributed by atoms with Gasteiger partial charge in [0, 0.05) is 21.6 Å². The van der Waals surface area contributed by atoms with Gasteiger partial charge in [0.1, 0.15) is 0 Å². The van der Waals surface area contributed by atoms with E-state index in [4.69, 9.17) is 0 Å². The molecule has 4 rings (SSSR count). The van der Waals surface area contributed by atoms with Crippen LogP contribution in [0, 0.1) is 0 Å². The maximum Gasteiger partial charge on any atom is 0.0465 e. The van der Waals surface area contributed by atoms with Gasteiger partial charge in [-0.05, 0) is 50.7 Å². The Hall–Kier alpha value is -0.370. The summed E-state index contributed by atoms with van der Waals surface area (Å²) >= 11 is 3.91. The molecule has 0 amide bonds. The molecular formula is C13H16BrN. The van der Waals surface area contributed by atoms with Crippen molar-refractivity contribution in [2.24, 2.45) is 0 Å². The van der Waals surface area contributed by atoms with E-state index >= 15 is 0 Å². The van der Waals surface area contributed by atoms with Crippen molar-refractivity contribution in [2.75, 3.05) is 0 Å². The van der Waals surface area contributed by atoms with E-state index in [0.717, 1.165) is 0 Å². The number of fused-ring (bicyclic) bond motifs is 3. The Labute approximate surface area is 99.4 Å². The number of hydrogen-bond acceptors (Lipinski definition) is 1. The lowest BCUT2D eigenvalue weighted by Gasteiger charge is -2.50. The van der Waals surface area contributed by atoms with Gasteiger partial charge in [0.15, 0.2) is 0 Å². The number of halogens is 1. The van der Waals surface area contributed by atoms with Gasteiger partial charge in [-0.2, -0.15) is 0 Å². The van der Waals surface area contributed by atoms with Crippen molar-refractivity contribution in [3.05, 3.63) is 30.1 Å². The summed E-state index contributed by atoms with van der Waals surface area (Å²) in [7, 11) is 0. The van der Waals surface area contributed by atoms with Gasteiger partial charge < -0.3 is 0 Å². The summed E-state index contributed by atoms with van der Waals surface area (Å²) in [5, 5.41) is 0. The van der Waals surface area contributed by atoms with E-state index in [1.54, 1.807) is 0 Å². The third-order valence-electron chi connectivity index (χ3n) is 4.36. The topological polar surface area (TPSA) is 12.9 Å². The first-order valence-corrected chi connectivity index (χ1v) is 6.62. The predicted octanol–water partition coefficient (Wildman–Crippen LogP) is 3.82. The van der Waals surface area contributed by atoms with E-state index in [1.165, 1.54) is 44.2 Å². The molecule has 1 nitrogen and oxygen atoms in total. The Morgan fingerprint density at radius 3 is 2.20 bits per heavy atom. The number of pyridine rings is 1. The van der Waals surface area contributed by atoms with Crippen LogP contribution in [0.2, 0.25) is 0 Å². The predicted molar refractivity (Wildman–Crippen MR) is 65.3 cm³/mol. The average molecular weight is 266 g/mol. The molecule has 80 valence electrons. The van der Waals surface area contributed by atoms with Crippen molar-refractivity contribution in [1.82, 2.24) is 4.98 Å². The fourth-order valence-electron chi connectivity index (χ4n) is 3.20. The largest absolute Gasteiger partial charge is 0.261 e. The first-order chi connectivity index (χ1) is 7.23. The molecule has 2 heteroatoms. The van der Waals surface area contributed by atoms with Crippen molar-refractivity contribution >= 4 is 15.9 Å². The molecule has 0 atom stereocenters. The minimum atomic E-state index is 0.413. The SMILES string of the molecule is BrC12CCC(c3ccccn3)(CC1)CC2. The van der Waals surface area contributed by atoms with Crippen LogP contribution in [0.1, 0.15) is 44.2 Å². The molecule has 1 heterocycles. The molecule has 0 aromatic carbocycles. The molecule has 2 bridgehead atoms. The number of rotatable bonds is 1. The normalized spacial score (nSPS) is 39.3. The van der Waals surface area contributed by atoms with E-state index in [-0.39, 0.29) is 0 Å². The van der Waals surface area contributed by atoms with Gasteiger partial charge in [-0.25, -0.2) is 0 Å². The van der Waals surface area contributed by atoms with Crippen LogP contribution in [0.25, 0.3) is 0 Å². The summed E-state index contributed by atoms with van der Waals surface area (Å²) in [5.74, 6) is 0. The van der Waals surface area contributed by atoms with Crippen molar-refractivity contribution in [3.8, 4) is 0 Å². The zero-order valence-corrected chi connectivity index (χ0v) is 10.5. The van der Waals surface area contributed by atoms with Crippen molar-refractivity contribution in [3.63, 3.8) is 0 Å². The van der Waals surface area contributed by atoms with E-state index in [9.17, 15) is 0 Å². The first kappa shape index (κ1) is 9.83. The van der Waals surface area contributed by atoms with Crippen LogP contribution < -0.4 is 0 Å². The average Bonchev–Trinajstić information content (AvgIpc) is 2.32. The number of nitrogens with zero attached hydrogens (tertiary/aromatic N) is 1. The van der Waals surface area contributed by atoms with Crippen LogP contribution in [0.15, 0.2) is 24.4 Å². The van der Waals surface area contributed by atoms with Crippen LogP contribution in [-0.4, -0.2) is 9.31 Å². The van der Waals surface area contributed by atoms with Gasteiger partial charge in [0.2, 0.25) is 0 Å². The highest BCUT2D eigenvalue weighted by Crippen LogP contribution is 2.56. The van der Waals surface area contributed by atoms with Gasteiger partial charge in [-0.15, -0.1) is 0 Å². The third kappa shape index (κ3) is 1.54. The van der Waals surface area contributed by atoms with Gasteiger partial charge in [-0.1, -0.05) is 22.0 Å². The van der Waals surface area contributed by atoms with Crippen LogP contribution >= 0.6 is 15.9 Å². The number of hydrogen-bond donors (Lipinski definition) is 0. The minimum Gasteiger partial charge on any atom is -0.261 e. The van der Waals surface area contributed by atoms with Crippen LogP contribution in [-0.2, 0) is 5.41 Å². The Morgan fingerprint density at radius 1 is 1.00 bits per heavy atom. The molecule has 0 saturated heterocycles. The second kappa shape index (κ2) is 3.31. The van der Waals surface area contributed by atoms with E-state index in [2.05, 4.69) is 33.0 Å². The maximum absolute atomic E-state index is 4.58. The zero-order valence-electron chi connectivity index (χ0n) is 8.88. The molecule has 3 aliphatic rings. The summed E-state index contributed by atoms with van der Waals surface area (Å²) in [5.41, 5.74) is 1.75. The Kier molecular flexibility index (Phi) is 2.17. The third-order valence-corrected chi connectivity index (χ3v) is 5.55. The van der Waals surface area contributed by atoms with Gasteiger partial charge in [0.25, 0.3) is 0 Å². The Bertz CT molecular complexity index is 336. The fourth-order valence-corrected chi connectivity index (χ4v) is 3.80. The molecule has 0 N–H and O–H groups in total. The summed E-state index contributed by atoms with van der Waals surface area (Å²) in [6.45, 7) is 0. The van der Waals surface area contributed by atoms with Gasteiger partial charge >= 0.3 is 0 Å². The summed E-state index contributed by atoms with van der Waals surface area (Å²) < 4.78 is 0.476. The molecule has 3 aliphatic carbocycles. The standard InChI is InChI=1S/C13H16BrN/c14-13-7-4-12(5-8-13,6-9-13)11-3-1-2-10-15-11/h1-3,10H,4-9H2. The van der Waals surface area contributed by atoms with Crippen LogP contribution in [0.5, 0.6) is 0 Å². The number of alkyl halides is 1. The van der Waals surface area contributed by atoms with E-state index in [1.807, 2.05) is 12.3 Å².